The quantitative estimate of drug-likeness (QED) is 0.100. The number of unbranched alkanes of at least 4 members (excludes halogenated alkanes) is 12. The maximum absolute atomic E-state index is 11.9. The number of hydrogen-bond donors (Lipinski definition) is 3. The third kappa shape index (κ3) is 26.7. The number of aliphatic hydroxyl groups excluding tert-OH is 2. The average Bonchev–Trinajstić information content (AvgIpc) is 2.70. The van der Waals surface area contributed by atoms with Crippen molar-refractivity contribution >= 4 is 16.0 Å². The Morgan fingerprint density at radius 1 is 0.909 bits per heavy atom. The van der Waals surface area contributed by atoms with E-state index in [4.69, 9.17) is 5.11 Å². The molecule has 0 aromatic rings. The summed E-state index contributed by atoms with van der Waals surface area (Å²) in [5.41, 5.74) is 0. The number of carbonyl (C=O) groups excluding carboxylic acids is 1. The van der Waals surface area contributed by atoms with Crippen molar-refractivity contribution in [3.05, 3.63) is 0 Å². The van der Waals surface area contributed by atoms with Crippen molar-refractivity contribution in [2.24, 2.45) is 0 Å². The molecule has 1 unspecified atom stereocenters. The van der Waals surface area contributed by atoms with E-state index < -0.39 is 22.0 Å². The van der Waals surface area contributed by atoms with Gasteiger partial charge in [-0.3, -0.25) is 9.69 Å². The molecule has 0 aliphatic heterocycles. The first-order valence-corrected chi connectivity index (χ1v) is 14.1. The predicted octanol–water partition coefficient (Wildman–Crippen LogP) is -0.212. The van der Waals surface area contributed by atoms with Crippen LogP contribution in [0.25, 0.3) is 0 Å². The zero-order valence-corrected chi connectivity index (χ0v) is 23.9. The molecule has 0 aliphatic carbocycles. The maximum Gasteiger partial charge on any atom is 1.00 e. The van der Waals surface area contributed by atoms with E-state index in [0.29, 0.717) is 19.5 Å². The van der Waals surface area contributed by atoms with E-state index >= 15 is 0 Å². The normalized spacial score (nSPS) is 12.5. The van der Waals surface area contributed by atoms with Crippen molar-refractivity contribution in [3.63, 3.8) is 0 Å². The predicted molar refractivity (Wildman–Crippen MR) is 127 cm³/mol. The molecular formula is C23H47N2NaO6S. The van der Waals surface area contributed by atoms with Crippen molar-refractivity contribution in [1.82, 2.24) is 10.2 Å². The van der Waals surface area contributed by atoms with Gasteiger partial charge in [-0.15, -0.1) is 0 Å². The molecule has 1 atom stereocenters. The van der Waals surface area contributed by atoms with E-state index in [9.17, 15) is 22.9 Å². The van der Waals surface area contributed by atoms with Crippen LogP contribution in [0.4, 0.5) is 0 Å². The third-order valence-electron chi connectivity index (χ3n) is 5.54. The Morgan fingerprint density at radius 3 is 1.85 bits per heavy atom. The molecular weight excluding hydrogens is 455 g/mol. The maximum atomic E-state index is 11.9. The van der Waals surface area contributed by atoms with Gasteiger partial charge in [0.1, 0.15) is 0 Å². The summed E-state index contributed by atoms with van der Waals surface area (Å²) in [7, 11) is -4.50. The molecule has 0 saturated heterocycles. The van der Waals surface area contributed by atoms with Crippen LogP contribution in [0.5, 0.6) is 0 Å². The minimum atomic E-state index is -4.50. The zero-order valence-electron chi connectivity index (χ0n) is 21.1. The van der Waals surface area contributed by atoms with Gasteiger partial charge in [0.2, 0.25) is 5.91 Å². The molecule has 8 nitrogen and oxygen atoms in total. The van der Waals surface area contributed by atoms with Crippen LogP contribution in [0.1, 0.15) is 96.8 Å². The van der Waals surface area contributed by atoms with Gasteiger partial charge in [0.25, 0.3) is 0 Å². The van der Waals surface area contributed by atoms with Crippen LogP contribution < -0.4 is 34.9 Å². The van der Waals surface area contributed by atoms with Crippen molar-refractivity contribution in [1.29, 1.82) is 0 Å². The molecule has 0 heterocycles. The summed E-state index contributed by atoms with van der Waals surface area (Å²) < 4.78 is 32.1. The fourth-order valence-electron chi connectivity index (χ4n) is 3.77. The van der Waals surface area contributed by atoms with Crippen LogP contribution in [-0.2, 0) is 14.9 Å². The molecule has 0 rings (SSSR count). The monoisotopic (exact) mass is 502 g/mol. The van der Waals surface area contributed by atoms with Crippen LogP contribution in [0.2, 0.25) is 0 Å². The van der Waals surface area contributed by atoms with Gasteiger partial charge >= 0.3 is 29.6 Å². The second-order valence-electron chi connectivity index (χ2n) is 8.74. The minimum Gasteiger partial charge on any atom is -0.748 e. The Morgan fingerprint density at radius 2 is 1.39 bits per heavy atom. The molecule has 10 heteroatoms. The molecule has 0 fully saturated rings. The molecule has 1 amide bonds. The topological polar surface area (TPSA) is 130 Å². The van der Waals surface area contributed by atoms with Gasteiger partial charge in [0.15, 0.2) is 0 Å². The Bertz CT molecular complexity index is 551. The van der Waals surface area contributed by atoms with Crippen LogP contribution in [0, 0.1) is 0 Å². The van der Waals surface area contributed by atoms with Gasteiger partial charge in [-0.1, -0.05) is 84.0 Å². The number of rotatable bonds is 23. The Labute approximate surface area is 224 Å². The molecule has 0 radical (unpaired) electrons. The molecule has 0 aromatic heterocycles. The van der Waals surface area contributed by atoms with E-state index in [1.54, 1.807) is 4.90 Å². The minimum absolute atomic E-state index is 0. The number of amides is 1. The van der Waals surface area contributed by atoms with Crippen molar-refractivity contribution in [2.45, 2.75) is 103 Å². The van der Waals surface area contributed by atoms with Crippen molar-refractivity contribution in [2.75, 3.05) is 38.5 Å². The Hall–Kier alpha value is 0.260. The molecule has 192 valence electrons. The standard InChI is InChI=1S/C23H48N2O6S.Na/c1-2-3-4-5-6-7-8-9-10-11-12-13-14-15-23(28)24-16-17-25(18-19-26)20-22(27)21-32(29,30)31;/h22,26-27H,2-21H2,1H3,(H,24,28)(H,29,30,31);/q;+1/p-1. The largest absolute Gasteiger partial charge is 1.00 e. The van der Waals surface area contributed by atoms with Gasteiger partial charge in [0.05, 0.1) is 28.6 Å². The molecule has 33 heavy (non-hydrogen) atoms. The summed E-state index contributed by atoms with van der Waals surface area (Å²) in [5, 5.41) is 21.6. The van der Waals surface area contributed by atoms with E-state index in [1.165, 1.54) is 64.2 Å². The molecule has 0 aromatic carbocycles. The number of hydrogen-bond acceptors (Lipinski definition) is 7. The molecule has 0 aliphatic rings. The Kier molecular flexibility index (Phi) is 25.7. The SMILES string of the molecule is CCCCCCCCCCCCCCCC(=O)NCCN(CCO)CC(O)CS(=O)(=O)[O-].[Na+]. The smallest absolute Gasteiger partial charge is 0.748 e. The van der Waals surface area contributed by atoms with E-state index in [0.717, 1.165) is 19.3 Å². The van der Waals surface area contributed by atoms with E-state index in [1.807, 2.05) is 0 Å². The fourth-order valence-corrected chi connectivity index (χ4v) is 4.34. The first-order valence-electron chi connectivity index (χ1n) is 12.5. The van der Waals surface area contributed by atoms with Crippen LogP contribution in [0.3, 0.4) is 0 Å². The number of aliphatic hydroxyl groups is 2. The molecule has 3 N–H and O–H groups in total. The van der Waals surface area contributed by atoms with Gasteiger partial charge in [-0.25, -0.2) is 8.42 Å². The van der Waals surface area contributed by atoms with Crippen LogP contribution in [-0.4, -0.2) is 78.6 Å². The summed E-state index contributed by atoms with van der Waals surface area (Å²) in [6, 6.07) is 0. The number of nitrogens with one attached hydrogen (secondary N) is 1. The summed E-state index contributed by atoms with van der Waals surface area (Å²) in [6.45, 7) is 2.97. The van der Waals surface area contributed by atoms with Crippen molar-refractivity contribution < 1.29 is 57.5 Å². The summed E-state index contributed by atoms with van der Waals surface area (Å²) in [5.74, 6) is -0.889. The van der Waals surface area contributed by atoms with Crippen molar-refractivity contribution in [3.8, 4) is 0 Å². The summed E-state index contributed by atoms with van der Waals surface area (Å²) in [4.78, 5) is 13.6. The molecule has 0 bridgehead atoms. The van der Waals surface area contributed by atoms with Crippen LogP contribution >= 0.6 is 0 Å². The number of nitrogens with zero attached hydrogens (tertiary/aromatic N) is 1. The van der Waals surface area contributed by atoms with Crippen LogP contribution in [0.15, 0.2) is 0 Å². The van der Waals surface area contributed by atoms with E-state index in [2.05, 4.69) is 12.2 Å². The fraction of sp³-hybridized carbons (Fsp3) is 0.957. The summed E-state index contributed by atoms with van der Waals surface area (Å²) in [6.07, 6.45) is 15.6. The molecule has 0 saturated carbocycles. The summed E-state index contributed by atoms with van der Waals surface area (Å²) >= 11 is 0. The Balaban J connectivity index is 0. The second kappa shape index (κ2) is 24.0. The zero-order chi connectivity index (χ0) is 24.1. The number of carbonyl (C=O) groups is 1. The third-order valence-corrected chi connectivity index (χ3v) is 6.33. The van der Waals surface area contributed by atoms with Gasteiger partial charge in [0, 0.05) is 32.6 Å². The van der Waals surface area contributed by atoms with Gasteiger partial charge < -0.3 is 20.1 Å². The van der Waals surface area contributed by atoms with E-state index in [-0.39, 0.29) is 55.2 Å². The average molecular weight is 503 g/mol. The molecule has 0 spiro atoms. The second-order valence-corrected chi connectivity index (χ2v) is 10.2. The van der Waals surface area contributed by atoms with Gasteiger partial charge in [-0.05, 0) is 6.42 Å². The first-order chi connectivity index (χ1) is 15.3. The van der Waals surface area contributed by atoms with Gasteiger partial charge in [-0.2, -0.15) is 0 Å². The first kappa shape index (κ1) is 35.4.